The molecule has 1 heterocycles. The van der Waals surface area contributed by atoms with Gasteiger partial charge in [0.2, 0.25) is 5.95 Å². The monoisotopic (exact) mass is 339 g/mol. The van der Waals surface area contributed by atoms with Crippen molar-refractivity contribution in [2.75, 3.05) is 24.8 Å². The Labute approximate surface area is 138 Å². The van der Waals surface area contributed by atoms with E-state index in [9.17, 15) is 13.2 Å². The van der Waals surface area contributed by atoms with Crippen LogP contribution < -0.4 is 11.2 Å². The van der Waals surface area contributed by atoms with E-state index in [4.69, 9.17) is 5.73 Å². The van der Waals surface area contributed by atoms with Crippen LogP contribution in [0.15, 0.2) is 30.3 Å². The summed E-state index contributed by atoms with van der Waals surface area (Å²) in [6.45, 7) is 4.96. The van der Waals surface area contributed by atoms with E-state index in [-0.39, 0.29) is 5.95 Å². The van der Waals surface area contributed by atoms with Crippen molar-refractivity contribution >= 4 is 11.8 Å². The minimum absolute atomic E-state index is 0.0489. The highest BCUT2D eigenvalue weighted by atomic mass is 19.4. The molecule has 0 aliphatic heterocycles. The lowest BCUT2D eigenvalue weighted by atomic mass is 10.1. The van der Waals surface area contributed by atoms with Gasteiger partial charge in [-0.3, -0.25) is 0 Å². The SMILES string of the molecule is CC(C)CN(C)Nc1cc(-c2ccc(C(F)(F)F)cc2)nc(N)n1. The first-order valence-corrected chi connectivity index (χ1v) is 7.45. The van der Waals surface area contributed by atoms with Gasteiger partial charge in [-0.1, -0.05) is 26.0 Å². The van der Waals surface area contributed by atoms with E-state index in [1.807, 2.05) is 12.1 Å². The zero-order chi connectivity index (χ0) is 17.9. The van der Waals surface area contributed by atoms with Gasteiger partial charge in [-0.05, 0) is 18.1 Å². The van der Waals surface area contributed by atoms with Gasteiger partial charge in [0.05, 0.1) is 11.3 Å². The highest BCUT2D eigenvalue weighted by Gasteiger charge is 2.30. The van der Waals surface area contributed by atoms with Gasteiger partial charge in [-0.25, -0.2) is 9.99 Å². The molecule has 0 unspecified atom stereocenters. The van der Waals surface area contributed by atoms with Gasteiger partial charge in [0.25, 0.3) is 0 Å². The fourth-order valence-electron chi connectivity index (χ4n) is 2.29. The summed E-state index contributed by atoms with van der Waals surface area (Å²) in [5.74, 6) is 0.990. The average molecular weight is 339 g/mol. The summed E-state index contributed by atoms with van der Waals surface area (Å²) in [5, 5.41) is 1.86. The molecule has 0 aliphatic carbocycles. The van der Waals surface area contributed by atoms with Crippen LogP contribution in [0.1, 0.15) is 19.4 Å². The number of nitrogens with one attached hydrogen (secondary N) is 1. The average Bonchev–Trinajstić information content (AvgIpc) is 2.44. The number of anilines is 2. The molecule has 1 aromatic heterocycles. The number of benzene rings is 1. The van der Waals surface area contributed by atoms with Crippen LogP contribution in [0.5, 0.6) is 0 Å². The second kappa shape index (κ2) is 7.04. The number of rotatable bonds is 5. The molecule has 0 amide bonds. The number of nitrogens with zero attached hydrogens (tertiary/aromatic N) is 3. The summed E-state index contributed by atoms with van der Waals surface area (Å²) < 4.78 is 37.9. The van der Waals surface area contributed by atoms with Crippen molar-refractivity contribution < 1.29 is 13.2 Å². The summed E-state index contributed by atoms with van der Waals surface area (Å²) in [7, 11) is 1.87. The molecule has 0 aliphatic rings. The molecule has 0 fully saturated rings. The topological polar surface area (TPSA) is 67.1 Å². The fourth-order valence-corrected chi connectivity index (χ4v) is 2.29. The zero-order valence-electron chi connectivity index (χ0n) is 13.7. The number of nitrogen functional groups attached to an aromatic ring is 1. The molecule has 0 radical (unpaired) electrons. The van der Waals surface area contributed by atoms with Crippen molar-refractivity contribution in [3.63, 3.8) is 0 Å². The van der Waals surface area contributed by atoms with Crippen molar-refractivity contribution in [3.05, 3.63) is 35.9 Å². The molecule has 24 heavy (non-hydrogen) atoms. The Bertz CT molecular complexity index is 683. The lowest BCUT2D eigenvalue weighted by molar-refractivity contribution is -0.137. The highest BCUT2D eigenvalue weighted by molar-refractivity contribution is 5.64. The molecular formula is C16H20F3N5. The van der Waals surface area contributed by atoms with E-state index >= 15 is 0 Å². The number of hydrogen-bond acceptors (Lipinski definition) is 5. The molecule has 0 saturated carbocycles. The first-order valence-electron chi connectivity index (χ1n) is 7.45. The molecule has 2 rings (SSSR count). The maximum atomic E-state index is 12.6. The van der Waals surface area contributed by atoms with Crippen molar-refractivity contribution in [2.45, 2.75) is 20.0 Å². The Morgan fingerprint density at radius 3 is 2.33 bits per heavy atom. The molecule has 130 valence electrons. The maximum absolute atomic E-state index is 12.6. The molecule has 8 heteroatoms. The molecule has 3 N–H and O–H groups in total. The molecule has 0 bridgehead atoms. The van der Waals surface area contributed by atoms with E-state index in [0.29, 0.717) is 23.0 Å². The Morgan fingerprint density at radius 1 is 1.17 bits per heavy atom. The molecule has 0 atom stereocenters. The summed E-state index contributed by atoms with van der Waals surface area (Å²) in [6, 6.07) is 6.42. The molecule has 0 spiro atoms. The molecule has 0 saturated heterocycles. The maximum Gasteiger partial charge on any atom is 0.416 e. The number of hydrogen-bond donors (Lipinski definition) is 2. The van der Waals surface area contributed by atoms with E-state index in [1.54, 1.807) is 6.07 Å². The highest BCUT2D eigenvalue weighted by Crippen LogP contribution is 2.31. The largest absolute Gasteiger partial charge is 0.416 e. The van der Waals surface area contributed by atoms with Crippen LogP contribution in [0.3, 0.4) is 0 Å². The normalized spacial score (nSPS) is 12.0. The van der Waals surface area contributed by atoms with Crippen LogP contribution in [0, 0.1) is 5.92 Å². The van der Waals surface area contributed by atoms with Crippen LogP contribution in [0.2, 0.25) is 0 Å². The van der Waals surface area contributed by atoms with E-state index < -0.39 is 11.7 Å². The minimum Gasteiger partial charge on any atom is -0.368 e. The summed E-state index contributed by atoms with van der Waals surface area (Å²) in [4.78, 5) is 8.19. The van der Waals surface area contributed by atoms with Gasteiger partial charge >= 0.3 is 6.18 Å². The van der Waals surface area contributed by atoms with Crippen LogP contribution in [-0.2, 0) is 6.18 Å². The smallest absolute Gasteiger partial charge is 0.368 e. The van der Waals surface area contributed by atoms with E-state index in [1.165, 1.54) is 12.1 Å². The third-order valence-electron chi connectivity index (χ3n) is 3.20. The van der Waals surface area contributed by atoms with Gasteiger partial charge < -0.3 is 11.2 Å². The van der Waals surface area contributed by atoms with Crippen molar-refractivity contribution in [1.82, 2.24) is 15.0 Å². The number of alkyl halides is 3. The summed E-state index contributed by atoms with van der Waals surface area (Å²) in [5.41, 5.74) is 9.08. The van der Waals surface area contributed by atoms with Gasteiger partial charge in [-0.15, -0.1) is 0 Å². The second-order valence-corrected chi connectivity index (χ2v) is 5.96. The number of nitrogens with two attached hydrogens (primary N) is 1. The standard InChI is InChI=1S/C16H20F3N5/c1-10(2)9-24(3)23-14-8-13(21-15(20)22-14)11-4-6-12(7-5-11)16(17,18)19/h4-8,10H,9H2,1-3H3,(H3,20,21,22,23). The first-order chi connectivity index (χ1) is 11.1. The lowest BCUT2D eigenvalue weighted by Crippen LogP contribution is -2.29. The van der Waals surface area contributed by atoms with Gasteiger partial charge in [-0.2, -0.15) is 18.2 Å². The van der Waals surface area contributed by atoms with E-state index in [2.05, 4.69) is 29.2 Å². The van der Waals surface area contributed by atoms with Crippen LogP contribution in [-0.4, -0.2) is 28.6 Å². The molecule has 2 aromatic rings. The van der Waals surface area contributed by atoms with Crippen LogP contribution >= 0.6 is 0 Å². The molecular weight excluding hydrogens is 319 g/mol. The van der Waals surface area contributed by atoms with E-state index in [0.717, 1.165) is 18.7 Å². The van der Waals surface area contributed by atoms with Crippen molar-refractivity contribution in [2.24, 2.45) is 5.92 Å². The second-order valence-electron chi connectivity index (χ2n) is 5.96. The van der Waals surface area contributed by atoms with Gasteiger partial charge in [0.1, 0.15) is 5.82 Å². The minimum atomic E-state index is -4.37. The third kappa shape index (κ3) is 4.82. The van der Waals surface area contributed by atoms with Crippen molar-refractivity contribution in [1.29, 1.82) is 0 Å². The number of hydrazine groups is 1. The van der Waals surface area contributed by atoms with Crippen LogP contribution in [0.25, 0.3) is 11.3 Å². The molecule has 5 nitrogen and oxygen atoms in total. The quantitative estimate of drug-likeness (QED) is 0.814. The summed E-state index contributed by atoms with van der Waals surface area (Å²) >= 11 is 0. The Balaban J connectivity index is 2.24. The lowest BCUT2D eigenvalue weighted by Gasteiger charge is -2.21. The van der Waals surface area contributed by atoms with Crippen molar-refractivity contribution in [3.8, 4) is 11.3 Å². The number of aromatic nitrogens is 2. The fraction of sp³-hybridized carbons (Fsp3) is 0.375. The predicted molar refractivity (Wildman–Crippen MR) is 88.0 cm³/mol. The van der Waals surface area contributed by atoms with Gasteiger partial charge in [0.15, 0.2) is 0 Å². The Kier molecular flexibility index (Phi) is 5.28. The first kappa shape index (κ1) is 18.0. The summed E-state index contributed by atoms with van der Waals surface area (Å²) in [6.07, 6.45) is -4.37. The zero-order valence-corrected chi connectivity index (χ0v) is 13.7. The van der Waals surface area contributed by atoms with Crippen LogP contribution in [0.4, 0.5) is 24.9 Å². The van der Waals surface area contributed by atoms with Gasteiger partial charge in [0, 0.05) is 25.2 Å². The predicted octanol–water partition coefficient (Wildman–Crippen LogP) is 3.66. The third-order valence-corrected chi connectivity index (χ3v) is 3.20. The number of halogens is 3. The Morgan fingerprint density at radius 2 is 1.79 bits per heavy atom. The Hall–Kier alpha value is -2.35. The molecule has 1 aromatic carbocycles.